The minimum absolute atomic E-state index is 0.126. The van der Waals surface area contributed by atoms with Crippen LogP contribution in [0.1, 0.15) is 10.4 Å². The van der Waals surface area contributed by atoms with E-state index < -0.39 is 23.2 Å². The van der Waals surface area contributed by atoms with E-state index in [1.165, 1.54) is 11.8 Å². The number of hydrogen-bond acceptors (Lipinski definition) is 4. The second-order valence-corrected chi connectivity index (χ2v) is 5.02. The molecule has 110 valence electrons. The second-order valence-electron chi connectivity index (χ2n) is 4.15. The standard InChI is InChI=1S/C14H13F2N3OS/c1-21-10-4-2-3-9(7-10)18-14(20)8-5-11(15)13(19-17)12(16)6-8/h2-7,19H,17H2,1H3,(H,18,20). The van der Waals surface area contributed by atoms with Crippen molar-refractivity contribution in [2.45, 2.75) is 4.90 Å². The van der Waals surface area contributed by atoms with Gasteiger partial charge >= 0.3 is 0 Å². The van der Waals surface area contributed by atoms with Gasteiger partial charge in [0, 0.05) is 16.1 Å². The van der Waals surface area contributed by atoms with Crippen molar-refractivity contribution in [2.75, 3.05) is 17.0 Å². The largest absolute Gasteiger partial charge is 0.322 e. The highest BCUT2D eigenvalue weighted by Gasteiger charge is 2.14. The normalized spacial score (nSPS) is 10.3. The molecule has 0 spiro atoms. The van der Waals surface area contributed by atoms with Crippen molar-refractivity contribution >= 4 is 29.0 Å². The number of carbonyl (C=O) groups is 1. The highest BCUT2D eigenvalue weighted by atomic mass is 32.2. The highest BCUT2D eigenvalue weighted by Crippen LogP contribution is 2.22. The van der Waals surface area contributed by atoms with Crippen LogP contribution in [0.5, 0.6) is 0 Å². The minimum Gasteiger partial charge on any atom is -0.322 e. The Morgan fingerprint density at radius 1 is 1.19 bits per heavy atom. The fraction of sp³-hybridized carbons (Fsp3) is 0.0714. The van der Waals surface area contributed by atoms with Crippen LogP contribution < -0.4 is 16.6 Å². The van der Waals surface area contributed by atoms with Crippen LogP contribution >= 0.6 is 11.8 Å². The molecule has 0 atom stereocenters. The second kappa shape index (κ2) is 6.55. The van der Waals surface area contributed by atoms with E-state index in [9.17, 15) is 13.6 Å². The van der Waals surface area contributed by atoms with E-state index in [1.807, 2.05) is 17.7 Å². The summed E-state index contributed by atoms with van der Waals surface area (Å²) in [6.07, 6.45) is 1.91. The molecular weight excluding hydrogens is 296 g/mol. The number of thioether (sulfide) groups is 1. The molecule has 0 aliphatic carbocycles. The van der Waals surface area contributed by atoms with E-state index in [0.29, 0.717) is 5.69 Å². The van der Waals surface area contributed by atoms with Gasteiger partial charge in [-0.3, -0.25) is 10.6 Å². The molecule has 2 rings (SSSR count). The number of amides is 1. The predicted molar refractivity (Wildman–Crippen MR) is 80.3 cm³/mol. The highest BCUT2D eigenvalue weighted by molar-refractivity contribution is 7.98. The summed E-state index contributed by atoms with van der Waals surface area (Å²) in [7, 11) is 0. The van der Waals surface area contributed by atoms with E-state index in [2.05, 4.69) is 5.32 Å². The molecule has 4 nitrogen and oxygen atoms in total. The summed E-state index contributed by atoms with van der Waals surface area (Å²) in [6, 6.07) is 8.98. The molecule has 0 radical (unpaired) electrons. The van der Waals surface area contributed by atoms with Crippen LogP contribution in [0.2, 0.25) is 0 Å². The quantitative estimate of drug-likeness (QED) is 0.461. The van der Waals surface area contributed by atoms with Gasteiger partial charge in [-0.05, 0) is 36.6 Å². The zero-order chi connectivity index (χ0) is 15.4. The molecule has 0 aliphatic heterocycles. The van der Waals surface area contributed by atoms with Gasteiger partial charge < -0.3 is 10.7 Å². The molecule has 0 aromatic heterocycles. The number of halogens is 2. The van der Waals surface area contributed by atoms with Gasteiger partial charge in [-0.2, -0.15) is 0 Å². The first kappa shape index (κ1) is 15.3. The number of anilines is 2. The van der Waals surface area contributed by atoms with Gasteiger partial charge in [0.2, 0.25) is 0 Å². The third-order valence-electron chi connectivity index (χ3n) is 2.78. The van der Waals surface area contributed by atoms with Crippen LogP contribution in [-0.2, 0) is 0 Å². The number of benzene rings is 2. The van der Waals surface area contributed by atoms with Crippen LogP contribution in [0.25, 0.3) is 0 Å². The summed E-state index contributed by atoms with van der Waals surface area (Å²) in [4.78, 5) is 13.0. The monoisotopic (exact) mass is 309 g/mol. The molecular formula is C14H13F2N3OS. The Kier molecular flexibility index (Phi) is 4.77. The van der Waals surface area contributed by atoms with Crippen molar-refractivity contribution in [3.05, 3.63) is 53.6 Å². The van der Waals surface area contributed by atoms with Crippen LogP contribution in [0, 0.1) is 11.6 Å². The maximum Gasteiger partial charge on any atom is 0.255 e. The van der Waals surface area contributed by atoms with Crippen molar-refractivity contribution in [1.82, 2.24) is 0 Å². The summed E-state index contributed by atoms with van der Waals surface area (Å²) in [5, 5.41) is 2.59. The van der Waals surface area contributed by atoms with Crippen molar-refractivity contribution in [2.24, 2.45) is 5.84 Å². The Morgan fingerprint density at radius 3 is 2.43 bits per heavy atom. The number of hydrazine groups is 1. The summed E-state index contributed by atoms with van der Waals surface area (Å²) in [5.41, 5.74) is 1.86. The average Bonchev–Trinajstić information content (AvgIpc) is 2.47. The molecule has 4 N–H and O–H groups in total. The van der Waals surface area contributed by atoms with E-state index >= 15 is 0 Å². The first-order chi connectivity index (χ1) is 10.0. The first-order valence-corrected chi connectivity index (χ1v) is 7.18. The number of hydrogen-bond donors (Lipinski definition) is 3. The number of nitrogen functional groups attached to an aromatic ring is 1. The van der Waals surface area contributed by atoms with E-state index in [4.69, 9.17) is 5.84 Å². The predicted octanol–water partition coefficient (Wildman–Crippen LogP) is 3.22. The summed E-state index contributed by atoms with van der Waals surface area (Å²) >= 11 is 1.52. The SMILES string of the molecule is CSc1cccc(NC(=O)c2cc(F)c(NN)c(F)c2)c1. The van der Waals surface area contributed by atoms with Gasteiger partial charge in [0.25, 0.3) is 5.91 Å². The van der Waals surface area contributed by atoms with Gasteiger partial charge in [-0.15, -0.1) is 11.8 Å². The first-order valence-electron chi connectivity index (χ1n) is 5.96. The maximum atomic E-state index is 13.6. The van der Waals surface area contributed by atoms with Crippen LogP contribution in [0.15, 0.2) is 41.3 Å². The lowest BCUT2D eigenvalue weighted by Gasteiger charge is -2.09. The molecule has 0 aliphatic rings. The fourth-order valence-corrected chi connectivity index (χ4v) is 2.21. The maximum absolute atomic E-state index is 13.6. The third kappa shape index (κ3) is 3.50. The zero-order valence-corrected chi connectivity index (χ0v) is 11.9. The Hall–Kier alpha value is -2.12. The lowest BCUT2D eigenvalue weighted by Crippen LogP contribution is -2.15. The average molecular weight is 309 g/mol. The van der Waals surface area contributed by atoms with Crippen molar-refractivity contribution < 1.29 is 13.6 Å². The molecule has 21 heavy (non-hydrogen) atoms. The Balaban J connectivity index is 2.24. The molecule has 0 saturated heterocycles. The van der Waals surface area contributed by atoms with Gasteiger partial charge in [0.1, 0.15) is 5.69 Å². The molecule has 7 heteroatoms. The van der Waals surface area contributed by atoms with E-state index in [1.54, 1.807) is 18.2 Å². The summed E-state index contributed by atoms with van der Waals surface area (Å²) in [6.45, 7) is 0. The summed E-state index contributed by atoms with van der Waals surface area (Å²) < 4.78 is 27.1. The van der Waals surface area contributed by atoms with Crippen LogP contribution in [0.4, 0.5) is 20.2 Å². The molecule has 0 fully saturated rings. The van der Waals surface area contributed by atoms with Gasteiger partial charge in [0.15, 0.2) is 11.6 Å². The fourth-order valence-electron chi connectivity index (χ4n) is 1.75. The zero-order valence-electron chi connectivity index (χ0n) is 11.1. The van der Waals surface area contributed by atoms with Gasteiger partial charge in [-0.1, -0.05) is 6.07 Å². The molecule has 2 aromatic carbocycles. The van der Waals surface area contributed by atoms with Crippen molar-refractivity contribution in [3.63, 3.8) is 0 Å². The lowest BCUT2D eigenvalue weighted by atomic mass is 10.1. The van der Waals surface area contributed by atoms with Crippen LogP contribution in [-0.4, -0.2) is 12.2 Å². The van der Waals surface area contributed by atoms with E-state index in [0.717, 1.165) is 17.0 Å². The molecule has 0 bridgehead atoms. The Morgan fingerprint density at radius 2 is 1.86 bits per heavy atom. The third-order valence-corrected chi connectivity index (χ3v) is 3.50. The molecule has 1 amide bonds. The number of rotatable bonds is 4. The number of nitrogens with one attached hydrogen (secondary N) is 2. The molecule has 0 heterocycles. The van der Waals surface area contributed by atoms with Crippen molar-refractivity contribution in [3.8, 4) is 0 Å². The topological polar surface area (TPSA) is 67.2 Å². The van der Waals surface area contributed by atoms with Crippen LogP contribution in [0.3, 0.4) is 0 Å². The number of carbonyl (C=O) groups excluding carboxylic acids is 1. The van der Waals surface area contributed by atoms with Gasteiger partial charge in [-0.25, -0.2) is 8.78 Å². The van der Waals surface area contributed by atoms with E-state index in [-0.39, 0.29) is 5.56 Å². The summed E-state index contributed by atoms with van der Waals surface area (Å²) in [5.74, 6) is 2.54. The Bertz CT molecular complexity index is 656. The molecule has 2 aromatic rings. The number of nitrogens with two attached hydrogens (primary N) is 1. The lowest BCUT2D eigenvalue weighted by molar-refractivity contribution is 0.102. The van der Waals surface area contributed by atoms with Crippen molar-refractivity contribution in [1.29, 1.82) is 0 Å². The molecule has 0 unspecified atom stereocenters. The Labute approximate surface area is 124 Å². The minimum atomic E-state index is -0.930. The molecule has 0 saturated carbocycles. The smallest absolute Gasteiger partial charge is 0.255 e. The van der Waals surface area contributed by atoms with Gasteiger partial charge in [0.05, 0.1) is 0 Å².